The van der Waals surface area contributed by atoms with E-state index in [1.54, 1.807) is 0 Å². The molecular weight excluding hydrogens is 246 g/mol. The van der Waals surface area contributed by atoms with E-state index in [1.807, 2.05) is 20.8 Å². The topological polar surface area (TPSA) is 78.6 Å². The molecule has 5 heteroatoms. The number of rotatable bonds is 4. The van der Waals surface area contributed by atoms with E-state index in [2.05, 4.69) is 0 Å². The Labute approximate surface area is 113 Å². The lowest BCUT2D eigenvalue weighted by atomic mass is 9.89. The largest absolute Gasteiger partial charge is 0.458 e. The second-order valence-electron chi connectivity index (χ2n) is 6.34. The zero-order valence-corrected chi connectivity index (χ0v) is 11.8. The summed E-state index contributed by atoms with van der Waals surface area (Å²) in [5, 5.41) is 0. The lowest BCUT2D eigenvalue weighted by molar-refractivity contribution is -0.169. The molecule has 0 radical (unpaired) electrons. The summed E-state index contributed by atoms with van der Waals surface area (Å²) >= 11 is 0. The predicted molar refractivity (Wildman–Crippen MR) is 69.2 cm³/mol. The first-order valence-corrected chi connectivity index (χ1v) is 7.02. The van der Waals surface area contributed by atoms with Gasteiger partial charge in [0.15, 0.2) is 0 Å². The first-order chi connectivity index (χ1) is 8.85. The molecule has 2 saturated carbocycles. The Bertz CT molecular complexity index is 380. The molecule has 0 aromatic rings. The van der Waals surface area contributed by atoms with Gasteiger partial charge in [-0.05, 0) is 39.5 Å². The first kappa shape index (κ1) is 14.2. The van der Waals surface area contributed by atoms with Crippen LogP contribution in [-0.2, 0) is 14.3 Å². The Morgan fingerprint density at radius 2 is 1.68 bits per heavy atom. The van der Waals surface area contributed by atoms with Gasteiger partial charge >= 0.3 is 12.1 Å². The van der Waals surface area contributed by atoms with E-state index in [1.165, 1.54) is 0 Å². The van der Waals surface area contributed by atoms with Crippen molar-refractivity contribution in [1.29, 1.82) is 0 Å². The van der Waals surface area contributed by atoms with E-state index in [0.717, 1.165) is 19.3 Å². The number of carbonyl (C=O) groups is 2. The predicted octanol–water partition coefficient (Wildman–Crippen LogP) is 2.23. The Morgan fingerprint density at radius 3 is 2.16 bits per heavy atom. The third kappa shape index (κ3) is 2.69. The first-order valence-electron chi connectivity index (χ1n) is 7.02. The van der Waals surface area contributed by atoms with Gasteiger partial charge in [0.05, 0.1) is 5.41 Å². The number of amides is 1. The maximum Gasteiger partial charge on any atom is 0.404 e. The molecule has 5 nitrogen and oxygen atoms in total. The Kier molecular flexibility index (Phi) is 3.74. The molecule has 0 aromatic heterocycles. The van der Waals surface area contributed by atoms with Crippen molar-refractivity contribution in [1.82, 2.24) is 0 Å². The SMILES string of the molecule is CCC(C)(C)C(=O)OC1C2CCC(C2)C1OC(N)=O. The molecule has 0 heterocycles. The highest BCUT2D eigenvalue weighted by atomic mass is 16.6. The molecule has 0 aromatic carbocycles. The molecular formula is C14H23NO4. The van der Waals surface area contributed by atoms with Crippen LogP contribution < -0.4 is 5.73 Å². The van der Waals surface area contributed by atoms with Gasteiger partial charge < -0.3 is 15.2 Å². The van der Waals surface area contributed by atoms with Gasteiger partial charge in [0.1, 0.15) is 12.2 Å². The highest BCUT2D eigenvalue weighted by Gasteiger charge is 2.52. The molecule has 0 spiro atoms. The molecule has 4 unspecified atom stereocenters. The number of nitrogens with two attached hydrogens (primary N) is 1. The fraction of sp³-hybridized carbons (Fsp3) is 0.857. The van der Waals surface area contributed by atoms with E-state index >= 15 is 0 Å². The Morgan fingerprint density at radius 1 is 1.16 bits per heavy atom. The third-order valence-electron chi connectivity index (χ3n) is 4.70. The molecule has 108 valence electrons. The number of primary amides is 1. The van der Waals surface area contributed by atoms with E-state index in [4.69, 9.17) is 15.2 Å². The fourth-order valence-electron chi connectivity index (χ4n) is 3.07. The summed E-state index contributed by atoms with van der Waals surface area (Å²) < 4.78 is 10.8. The molecule has 19 heavy (non-hydrogen) atoms. The highest BCUT2D eigenvalue weighted by Crippen LogP contribution is 2.48. The zero-order chi connectivity index (χ0) is 14.2. The average Bonchev–Trinajstić information content (AvgIpc) is 2.91. The minimum Gasteiger partial charge on any atom is -0.458 e. The Balaban J connectivity index is 2.05. The molecule has 0 saturated heterocycles. The smallest absolute Gasteiger partial charge is 0.404 e. The highest BCUT2D eigenvalue weighted by molar-refractivity contribution is 5.76. The lowest BCUT2D eigenvalue weighted by Gasteiger charge is -2.32. The number of esters is 1. The lowest BCUT2D eigenvalue weighted by Crippen LogP contribution is -2.43. The molecule has 2 N–H and O–H groups in total. The maximum absolute atomic E-state index is 12.2. The van der Waals surface area contributed by atoms with E-state index < -0.39 is 11.5 Å². The van der Waals surface area contributed by atoms with Crippen molar-refractivity contribution in [3.63, 3.8) is 0 Å². The van der Waals surface area contributed by atoms with Gasteiger partial charge in [0, 0.05) is 11.8 Å². The third-order valence-corrected chi connectivity index (χ3v) is 4.70. The summed E-state index contributed by atoms with van der Waals surface area (Å²) in [6, 6.07) is 0. The standard InChI is InChI=1S/C14H23NO4/c1-4-14(2,3)12(16)18-10-8-5-6-9(7-8)11(10)19-13(15)17/h8-11H,4-7H2,1-3H3,(H2,15,17). The number of fused-ring (bicyclic) bond motifs is 2. The van der Waals surface area contributed by atoms with Crippen LogP contribution in [0.25, 0.3) is 0 Å². The summed E-state index contributed by atoms with van der Waals surface area (Å²) in [5.74, 6) is 0.386. The van der Waals surface area contributed by atoms with Gasteiger partial charge in [0.25, 0.3) is 0 Å². The van der Waals surface area contributed by atoms with Gasteiger partial charge in [-0.15, -0.1) is 0 Å². The normalized spacial score (nSPS) is 33.2. The maximum atomic E-state index is 12.2. The average molecular weight is 269 g/mol. The second kappa shape index (κ2) is 5.02. The quantitative estimate of drug-likeness (QED) is 0.794. The number of hydrogen-bond donors (Lipinski definition) is 1. The second-order valence-corrected chi connectivity index (χ2v) is 6.34. The van der Waals surface area contributed by atoms with Gasteiger partial charge in [-0.2, -0.15) is 0 Å². The molecule has 0 aliphatic heterocycles. The molecule has 4 atom stereocenters. The van der Waals surface area contributed by atoms with E-state index in [9.17, 15) is 9.59 Å². The van der Waals surface area contributed by atoms with E-state index in [0.29, 0.717) is 18.3 Å². The minimum atomic E-state index is -0.784. The van der Waals surface area contributed by atoms with Crippen molar-refractivity contribution in [3.8, 4) is 0 Å². The Hall–Kier alpha value is -1.26. The van der Waals surface area contributed by atoms with Crippen LogP contribution in [0, 0.1) is 17.3 Å². The molecule has 2 fully saturated rings. The van der Waals surface area contributed by atoms with Crippen molar-refractivity contribution < 1.29 is 19.1 Å². The van der Waals surface area contributed by atoms with Crippen molar-refractivity contribution in [2.45, 2.75) is 58.7 Å². The number of ether oxygens (including phenoxy) is 2. The van der Waals surface area contributed by atoms with Gasteiger partial charge in [-0.25, -0.2) is 4.79 Å². The van der Waals surface area contributed by atoms with Crippen LogP contribution in [0.5, 0.6) is 0 Å². The van der Waals surface area contributed by atoms with Crippen molar-refractivity contribution in [3.05, 3.63) is 0 Å². The van der Waals surface area contributed by atoms with Crippen LogP contribution in [0.2, 0.25) is 0 Å². The van der Waals surface area contributed by atoms with E-state index in [-0.39, 0.29) is 18.2 Å². The van der Waals surface area contributed by atoms with Crippen LogP contribution >= 0.6 is 0 Å². The van der Waals surface area contributed by atoms with Crippen LogP contribution in [0.4, 0.5) is 4.79 Å². The molecule has 2 aliphatic rings. The van der Waals surface area contributed by atoms with Crippen LogP contribution in [0.1, 0.15) is 46.5 Å². The minimum absolute atomic E-state index is 0.217. The fourth-order valence-corrected chi connectivity index (χ4v) is 3.07. The summed E-state index contributed by atoms with van der Waals surface area (Å²) in [4.78, 5) is 23.1. The van der Waals surface area contributed by atoms with Gasteiger partial charge in [-0.3, -0.25) is 4.79 Å². The van der Waals surface area contributed by atoms with Gasteiger partial charge in [-0.1, -0.05) is 6.92 Å². The number of carbonyl (C=O) groups excluding carboxylic acids is 2. The molecule has 2 bridgehead atoms. The molecule has 1 amide bonds. The van der Waals surface area contributed by atoms with Crippen molar-refractivity contribution in [2.75, 3.05) is 0 Å². The van der Waals surface area contributed by atoms with Crippen LogP contribution in [0.15, 0.2) is 0 Å². The van der Waals surface area contributed by atoms with Crippen molar-refractivity contribution in [2.24, 2.45) is 23.0 Å². The summed E-state index contributed by atoms with van der Waals surface area (Å²) in [6.07, 6.45) is 2.28. The molecule has 2 aliphatic carbocycles. The summed E-state index contributed by atoms with van der Waals surface area (Å²) in [5.41, 5.74) is 4.61. The van der Waals surface area contributed by atoms with Gasteiger partial charge in [0.2, 0.25) is 0 Å². The summed E-state index contributed by atoms with van der Waals surface area (Å²) in [6.45, 7) is 5.69. The number of hydrogen-bond acceptors (Lipinski definition) is 4. The molecule has 2 rings (SSSR count). The monoisotopic (exact) mass is 269 g/mol. The van der Waals surface area contributed by atoms with Crippen molar-refractivity contribution >= 4 is 12.1 Å². The zero-order valence-electron chi connectivity index (χ0n) is 11.8. The summed E-state index contributed by atoms with van der Waals surface area (Å²) in [7, 11) is 0. The van der Waals surface area contributed by atoms with Crippen LogP contribution in [-0.4, -0.2) is 24.3 Å². The van der Waals surface area contributed by atoms with Crippen LogP contribution in [0.3, 0.4) is 0 Å².